The molecule has 1 aromatic carbocycles. The van der Waals surface area contributed by atoms with Crippen LogP contribution in [-0.2, 0) is 16.8 Å². The summed E-state index contributed by atoms with van der Waals surface area (Å²) in [5.74, 6) is 0.0228. The monoisotopic (exact) mass is 215 g/mol. The molecule has 0 saturated heterocycles. The lowest BCUT2D eigenvalue weighted by atomic mass is 9.79. The van der Waals surface area contributed by atoms with Gasteiger partial charge in [0, 0.05) is 5.56 Å². The molecule has 3 nitrogen and oxygen atoms in total. The molecule has 1 aliphatic heterocycles. The molecule has 82 valence electrons. The molecular weight excluding hydrogens is 202 g/mol. The van der Waals surface area contributed by atoms with E-state index in [1.54, 1.807) is 6.07 Å². The summed E-state index contributed by atoms with van der Waals surface area (Å²) >= 11 is 0. The fourth-order valence-electron chi connectivity index (χ4n) is 1.93. The van der Waals surface area contributed by atoms with E-state index in [9.17, 15) is 10.4 Å². The summed E-state index contributed by atoms with van der Waals surface area (Å²) in [5.41, 5.74) is 1.94. The molecule has 1 heterocycles. The van der Waals surface area contributed by atoms with E-state index in [4.69, 9.17) is 4.74 Å². The topological polar surface area (TPSA) is 53.2 Å². The molecule has 16 heavy (non-hydrogen) atoms. The van der Waals surface area contributed by atoms with Crippen molar-refractivity contribution in [3.05, 3.63) is 41.5 Å². The summed E-state index contributed by atoms with van der Waals surface area (Å²) < 4.78 is 5.40. The second-order valence-corrected chi connectivity index (χ2v) is 4.26. The van der Waals surface area contributed by atoms with Gasteiger partial charge in [0.05, 0.1) is 19.3 Å². The molecule has 0 spiro atoms. The van der Waals surface area contributed by atoms with Crippen LogP contribution >= 0.6 is 0 Å². The van der Waals surface area contributed by atoms with Crippen molar-refractivity contribution < 1.29 is 9.84 Å². The smallest absolute Gasteiger partial charge is 0.115 e. The molecule has 1 atom stereocenters. The van der Waals surface area contributed by atoms with Gasteiger partial charge in [-0.05, 0) is 24.1 Å². The number of hydrogen-bond donors (Lipinski definition) is 1. The number of aliphatic hydroxyl groups is 1. The minimum absolute atomic E-state index is 0.0228. The van der Waals surface area contributed by atoms with Gasteiger partial charge in [0.1, 0.15) is 11.2 Å². The third-order valence-corrected chi connectivity index (χ3v) is 2.93. The third kappa shape index (κ3) is 1.58. The number of nitriles is 1. The van der Waals surface area contributed by atoms with Crippen LogP contribution in [0.1, 0.15) is 23.6 Å². The molecular formula is C13H13NO2. The first kappa shape index (κ1) is 10.7. The molecule has 0 bridgehead atoms. The van der Waals surface area contributed by atoms with E-state index in [0.717, 1.165) is 11.1 Å². The molecule has 0 aromatic heterocycles. The van der Waals surface area contributed by atoms with Gasteiger partial charge >= 0.3 is 0 Å². The minimum Gasteiger partial charge on any atom is -0.508 e. The van der Waals surface area contributed by atoms with Gasteiger partial charge in [0.15, 0.2) is 0 Å². The van der Waals surface area contributed by atoms with Crippen LogP contribution in [0.15, 0.2) is 24.8 Å². The summed E-state index contributed by atoms with van der Waals surface area (Å²) in [6.07, 6.45) is 0. The number of hydrogen-bond acceptors (Lipinski definition) is 3. The first-order valence-electron chi connectivity index (χ1n) is 5.07. The zero-order valence-corrected chi connectivity index (χ0v) is 9.16. The van der Waals surface area contributed by atoms with Crippen LogP contribution < -0.4 is 0 Å². The number of fused-ring (bicyclic) bond motifs is 1. The lowest BCUT2D eigenvalue weighted by Crippen LogP contribution is -2.32. The van der Waals surface area contributed by atoms with Gasteiger partial charge in [-0.2, -0.15) is 5.26 Å². The van der Waals surface area contributed by atoms with E-state index in [-0.39, 0.29) is 5.76 Å². The van der Waals surface area contributed by atoms with E-state index in [0.29, 0.717) is 18.8 Å². The van der Waals surface area contributed by atoms with Crippen molar-refractivity contribution in [2.24, 2.45) is 0 Å². The second kappa shape index (κ2) is 3.66. The second-order valence-electron chi connectivity index (χ2n) is 4.26. The highest BCUT2D eigenvalue weighted by molar-refractivity contribution is 5.59. The molecule has 3 heteroatoms. The summed E-state index contributed by atoms with van der Waals surface area (Å²) in [6.45, 7) is 6.24. The van der Waals surface area contributed by atoms with Crippen LogP contribution in [0.25, 0.3) is 5.76 Å². The zero-order valence-electron chi connectivity index (χ0n) is 9.16. The minimum atomic E-state index is -0.640. The van der Waals surface area contributed by atoms with Crippen molar-refractivity contribution in [3.8, 4) is 6.07 Å². The fraction of sp³-hybridized carbons (Fsp3) is 0.308. The summed E-state index contributed by atoms with van der Waals surface area (Å²) in [4.78, 5) is 0. The summed E-state index contributed by atoms with van der Waals surface area (Å²) in [5, 5.41) is 18.6. The van der Waals surface area contributed by atoms with Gasteiger partial charge in [0.2, 0.25) is 0 Å². The zero-order chi connectivity index (χ0) is 11.8. The predicted octanol–water partition coefficient (Wildman–Crippen LogP) is 2.53. The molecule has 1 aromatic rings. The van der Waals surface area contributed by atoms with E-state index in [1.165, 1.54) is 0 Å². The van der Waals surface area contributed by atoms with Crippen LogP contribution in [0, 0.1) is 11.3 Å². The Bertz CT molecular complexity index is 487. The number of benzene rings is 1. The molecule has 0 radical (unpaired) electrons. The standard InChI is InChI=1S/C13H13NO2/c1-9(15)10-3-4-11-6-16-8-13(2,7-14)12(11)5-10/h3-5,15H,1,6,8H2,2H3/t13-/m1/s1. The lowest BCUT2D eigenvalue weighted by Gasteiger charge is -2.30. The Balaban J connectivity index is 2.58. The highest BCUT2D eigenvalue weighted by Crippen LogP contribution is 2.33. The number of ether oxygens (including phenoxy) is 1. The van der Waals surface area contributed by atoms with Crippen molar-refractivity contribution in [2.45, 2.75) is 18.9 Å². The maximum absolute atomic E-state index is 9.36. The van der Waals surface area contributed by atoms with E-state index in [1.807, 2.05) is 19.1 Å². The number of aliphatic hydroxyl groups excluding tert-OH is 1. The van der Waals surface area contributed by atoms with Crippen LogP contribution in [0.5, 0.6) is 0 Å². The molecule has 1 N–H and O–H groups in total. The molecule has 0 saturated carbocycles. The van der Waals surface area contributed by atoms with E-state index < -0.39 is 5.41 Å². The van der Waals surface area contributed by atoms with Crippen LogP contribution in [0.4, 0.5) is 0 Å². The molecule has 1 aliphatic rings. The van der Waals surface area contributed by atoms with Crippen molar-refractivity contribution in [1.82, 2.24) is 0 Å². The third-order valence-electron chi connectivity index (χ3n) is 2.93. The Morgan fingerprint density at radius 2 is 2.38 bits per heavy atom. The van der Waals surface area contributed by atoms with E-state index >= 15 is 0 Å². The highest BCUT2D eigenvalue weighted by atomic mass is 16.5. The average Bonchev–Trinajstić information content (AvgIpc) is 2.29. The normalized spacial score (nSPS) is 23.2. The molecule has 2 rings (SSSR count). The van der Waals surface area contributed by atoms with Crippen molar-refractivity contribution in [2.75, 3.05) is 6.61 Å². The summed E-state index contributed by atoms with van der Waals surface area (Å²) in [7, 11) is 0. The Morgan fingerprint density at radius 1 is 1.62 bits per heavy atom. The van der Waals surface area contributed by atoms with Crippen LogP contribution in [-0.4, -0.2) is 11.7 Å². The predicted molar refractivity (Wildman–Crippen MR) is 60.7 cm³/mol. The Kier molecular flexibility index (Phi) is 2.45. The van der Waals surface area contributed by atoms with Gasteiger partial charge in [-0.25, -0.2) is 0 Å². The maximum atomic E-state index is 9.36. The SMILES string of the molecule is C=C(O)c1ccc2c(c1)[C@](C)(C#N)COC2. The molecule has 0 amide bonds. The largest absolute Gasteiger partial charge is 0.508 e. The maximum Gasteiger partial charge on any atom is 0.115 e. The highest BCUT2D eigenvalue weighted by Gasteiger charge is 2.33. The first-order valence-corrected chi connectivity index (χ1v) is 5.07. The quantitative estimate of drug-likeness (QED) is 0.732. The van der Waals surface area contributed by atoms with Crippen molar-refractivity contribution in [3.63, 3.8) is 0 Å². The molecule has 0 aliphatic carbocycles. The Morgan fingerprint density at radius 3 is 3.00 bits per heavy atom. The molecule has 0 fully saturated rings. The number of rotatable bonds is 1. The van der Waals surface area contributed by atoms with Crippen LogP contribution in [0.3, 0.4) is 0 Å². The fourth-order valence-corrected chi connectivity index (χ4v) is 1.93. The Labute approximate surface area is 94.6 Å². The van der Waals surface area contributed by atoms with Gasteiger partial charge in [-0.3, -0.25) is 0 Å². The van der Waals surface area contributed by atoms with Crippen molar-refractivity contribution >= 4 is 5.76 Å². The van der Waals surface area contributed by atoms with Gasteiger partial charge in [-0.1, -0.05) is 18.7 Å². The van der Waals surface area contributed by atoms with Gasteiger partial charge in [-0.15, -0.1) is 0 Å². The van der Waals surface area contributed by atoms with Crippen LogP contribution in [0.2, 0.25) is 0 Å². The molecule has 0 unspecified atom stereocenters. The first-order chi connectivity index (χ1) is 7.57. The average molecular weight is 215 g/mol. The number of nitrogens with zero attached hydrogens (tertiary/aromatic N) is 1. The summed E-state index contributed by atoms with van der Waals surface area (Å²) in [6, 6.07) is 7.75. The Hall–Kier alpha value is -1.79. The van der Waals surface area contributed by atoms with Gasteiger partial charge < -0.3 is 9.84 Å². The van der Waals surface area contributed by atoms with E-state index in [2.05, 4.69) is 12.6 Å². The van der Waals surface area contributed by atoms with Gasteiger partial charge in [0.25, 0.3) is 0 Å². The lowest BCUT2D eigenvalue weighted by molar-refractivity contribution is 0.0759. The van der Waals surface area contributed by atoms with Crippen molar-refractivity contribution in [1.29, 1.82) is 5.26 Å².